The topological polar surface area (TPSA) is 81.4 Å². The molecule has 5 nitrogen and oxygen atoms in total. The first-order valence-electron chi connectivity index (χ1n) is 5.33. The molecule has 0 amide bonds. The van der Waals surface area contributed by atoms with Crippen molar-refractivity contribution in [2.45, 2.75) is 17.4 Å². The minimum Gasteiger partial charge on any atom is -0.392 e. The van der Waals surface area contributed by atoms with Crippen molar-refractivity contribution in [1.29, 1.82) is 5.26 Å². The van der Waals surface area contributed by atoms with Crippen LogP contribution in [0.5, 0.6) is 0 Å². The molecule has 1 atom stereocenters. The van der Waals surface area contributed by atoms with Gasteiger partial charge in [0.15, 0.2) is 0 Å². The smallest absolute Gasteiger partial charge is 0.244 e. The Morgan fingerprint density at radius 2 is 2.22 bits per heavy atom. The second-order valence-corrected chi connectivity index (χ2v) is 5.94. The molecule has 0 aliphatic carbocycles. The lowest BCUT2D eigenvalue weighted by Crippen LogP contribution is -2.30. The van der Waals surface area contributed by atoms with Crippen molar-refractivity contribution >= 4 is 10.0 Å². The van der Waals surface area contributed by atoms with E-state index in [9.17, 15) is 17.9 Å². The molecule has 2 rings (SSSR count). The van der Waals surface area contributed by atoms with Crippen LogP contribution in [0.25, 0.3) is 0 Å². The van der Waals surface area contributed by atoms with E-state index in [0.29, 0.717) is 6.42 Å². The number of nitrogens with zero attached hydrogens (tertiary/aromatic N) is 2. The van der Waals surface area contributed by atoms with E-state index in [4.69, 9.17) is 5.26 Å². The van der Waals surface area contributed by atoms with E-state index in [0.717, 1.165) is 10.4 Å². The molecule has 0 unspecified atom stereocenters. The van der Waals surface area contributed by atoms with Crippen molar-refractivity contribution in [2.75, 3.05) is 13.1 Å². The first-order chi connectivity index (χ1) is 8.46. The maximum atomic E-state index is 13.4. The van der Waals surface area contributed by atoms with E-state index in [1.807, 2.05) is 0 Å². The molecule has 18 heavy (non-hydrogen) atoms. The number of halogens is 1. The summed E-state index contributed by atoms with van der Waals surface area (Å²) in [6.45, 7) is 0.147. The van der Waals surface area contributed by atoms with E-state index >= 15 is 0 Å². The standard InChI is InChI=1S/C11H11FN2O3S/c12-10-2-1-3-11(9(10)6-13)18(16,17)14-5-4-8(15)7-14/h1-3,8,15H,4-5,7H2/t8-/m1/s1. The Morgan fingerprint density at radius 1 is 1.50 bits per heavy atom. The lowest BCUT2D eigenvalue weighted by molar-refractivity contribution is 0.189. The summed E-state index contributed by atoms with van der Waals surface area (Å²) in [7, 11) is -3.93. The third-order valence-electron chi connectivity index (χ3n) is 2.83. The van der Waals surface area contributed by atoms with Gasteiger partial charge >= 0.3 is 0 Å². The minimum atomic E-state index is -3.93. The zero-order valence-electron chi connectivity index (χ0n) is 9.38. The third kappa shape index (κ3) is 2.10. The molecule has 0 spiro atoms. The lowest BCUT2D eigenvalue weighted by Gasteiger charge is -2.16. The fourth-order valence-electron chi connectivity index (χ4n) is 1.90. The van der Waals surface area contributed by atoms with E-state index in [1.54, 1.807) is 6.07 Å². The van der Waals surface area contributed by atoms with Crippen molar-refractivity contribution in [3.8, 4) is 6.07 Å². The highest BCUT2D eigenvalue weighted by atomic mass is 32.2. The van der Waals surface area contributed by atoms with Gasteiger partial charge in [0.1, 0.15) is 22.3 Å². The summed E-state index contributed by atoms with van der Waals surface area (Å²) in [6.07, 6.45) is -0.366. The van der Waals surface area contributed by atoms with Gasteiger partial charge < -0.3 is 5.11 Å². The normalized spacial score (nSPS) is 20.8. The van der Waals surface area contributed by atoms with Crippen LogP contribution < -0.4 is 0 Å². The highest BCUT2D eigenvalue weighted by Crippen LogP contribution is 2.25. The number of aliphatic hydroxyl groups is 1. The summed E-state index contributed by atoms with van der Waals surface area (Å²) in [6, 6.07) is 5.04. The number of rotatable bonds is 2. The maximum Gasteiger partial charge on any atom is 0.244 e. The number of hydrogen-bond donors (Lipinski definition) is 1. The van der Waals surface area contributed by atoms with Gasteiger partial charge in [-0.25, -0.2) is 12.8 Å². The van der Waals surface area contributed by atoms with E-state index < -0.39 is 27.5 Å². The van der Waals surface area contributed by atoms with Gasteiger partial charge in [-0.2, -0.15) is 9.57 Å². The Labute approximate surface area is 104 Å². The van der Waals surface area contributed by atoms with Gasteiger partial charge in [0.25, 0.3) is 0 Å². The summed E-state index contributed by atoms with van der Waals surface area (Å²) < 4.78 is 38.9. The molecule has 1 aliphatic rings. The van der Waals surface area contributed by atoms with Crippen LogP contribution in [0, 0.1) is 17.1 Å². The van der Waals surface area contributed by atoms with Crippen molar-refractivity contribution in [1.82, 2.24) is 4.31 Å². The predicted octanol–water partition coefficient (Wildman–Crippen LogP) is 0.453. The Balaban J connectivity index is 2.49. The van der Waals surface area contributed by atoms with Crippen LogP contribution in [-0.4, -0.2) is 37.0 Å². The first-order valence-corrected chi connectivity index (χ1v) is 6.77. The molecule has 1 N–H and O–H groups in total. The van der Waals surface area contributed by atoms with Gasteiger partial charge in [0.05, 0.1) is 6.10 Å². The summed E-state index contributed by atoms with van der Waals surface area (Å²) in [5.74, 6) is -0.863. The van der Waals surface area contributed by atoms with Crippen molar-refractivity contribution in [3.63, 3.8) is 0 Å². The molecule has 1 aromatic carbocycles. The van der Waals surface area contributed by atoms with Crippen LogP contribution in [0.15, 0.2) is 23.1 Å². The average molecular weight is 270 g/mol. The molecule has 1 aliphatic heterocycles. The van der Waals surface area contributed by atoms with Crippen molar-refractivity contribution in [2.24, 2.45) is 0 Å². The average Bonchev–Trinajstić information content (AvgIpc) is 2.76. The van der Waals surface area contributed by atoms with Crippen molar-refractivity contribution in [3.05, 3.63) is 29.6 Å². The zero-order chi connectivity index (χ0) is 13.3. The highest BCUT2D eigenvalue weighted by Gasteiger charge is 2.33. The quantitative estimate of drug-likeness (QED) is 0.846. The largest absolute Gasteiger partial charge is 0.392 e. The summed E-state index contributed by atoms with van der Waals surface area (Å²) in [5, 5.41) is 18.2. The predicted molar refractivity (Wildman–Crippen MR) is 60.5 cm³/mol. The fraction of sp³-hybridized carbons (Fsp3) is 0.364. The summed E-state index contributed by atoms with van der Waals surface area (Å²) in [5.41, 5.74) is -0.487. The Morgan fingerprint density at radius 3 is 2.78 bits per heavy atom. The van der Waals surface area contributed by atoms with Gasteiger partial charge in [0.2, 0.25) is 10.0 Å². The van der Waals surface area contributed by atoms with Gasteiger partial charge in [-0.05, 0) is 18.6 Å². The van der Waals surface area contributed by atoms with Gasteiger partial charge in [-0.15, -0.1) is 0 Å². The Bertz CT molecular complexity index is 609. The van der Waals surface area contributed by atoms with Crippen LogP contribution in [0.1, 0.15) is 12.0 Å². The van der Waals surface area contributed by atoms with E-state index in [-0.39, 0.29) is 18.0 Å². The molecule has 0 saturated carbocycles. The van der Waals surface area contributed by atoms with Crippen LogP contribution in [0.3, 0.4) is 0 Å². The van der Waals surface area contributed by atoms with Gasteiger partial charge in [-0.1, -0.05) is 6.07 Å². The fourth-order valence-corrected chi connectivity index (χ4v) is 3.54. The summed E-state index contributed by atoms with van der Waals surface area (Å²) >= 11 is 0. The van der Waals surface area contributed by atoms with Crippen LogP contribution >= 0.6 is 0 Å². The van der Waals surface area contributed by atoms with Gasteiger partial charge in [-0.3, -0.25) is 0 Å². The first kappa shape index (κ1) is 13.0. The van der Waals surface area contributed by atoms with Crippen LogP contribution in [-0.2, 0) is 10.0 Å². The molecule has 1 aromatic rings. The van der Waals surface area contributed by atoms with Crippen molar-refractivity contribution < 1.29 is 17.9 Å². The molecule has 1 saturated heterocycles. The van der Waals surface area contributed by atoms with E-state index in [1.165, 1.54) is 12.1 Å². The van der Waals surface area contributed by atoms with E-state index in [2.05, 4.69) is 0 Å². The minimum absolute atomic E-state index is 0.0241. The number of hydrogen-bond acceptors (Lipinski definition) is 4. The Hall–Kier alpha value is -1.49. The molecular weight excluding hydrogens is 259 g/mol. The zero-order valence-corrected chi connectivity index (χ0v) is 10.2. The van der Waals surface area contributed by atoms with Crippen LogP contribution in [0.2, 0.25) is 0 Å². The molecular formula is C11H11FN2O3S. The molecule has 7 heteroatoms. The number of nitriles is 1. The number of β-amino-alcohol motifs (C(OH)–C–C–N with tert-alkyl or cyclic N) is 1. The monoisotopic (exact) mass is 270 g/mol. The molecule has 0 bridgehead atoms. The number of aliphatic hydroxyl groups excluding tert-OH is 1. The van der Waals surface area contributed by atoms with Crippen LogP contribution in [0.4, 0.5) is 4.39 Å². The third-order valence-corrected chi connectivity index (χ3v) is 4.74. The van der Waals surface area contributed by atoms with Gasteiger partial charge in [0, 0.05) is 13.1 Å². The molecule has 1 heterocycles. The SMILES string of the molecule is N#Cc1c(F)cccc1S(=O)(=O)N1CC[C@@H](O)C1. The molecule has 0 aromatic heterocycles. The molecule has 0 radical (unpaired) electrons. The second-order valence-electron chi connectivity index (χ2n) is 4.03. The number of benzene rings is 1. The Kier molecular flexibility index (Phi) is 3.34. The number of sulfonamides is 1. The molecule has 96 valence electrons. The molecule has 1 fully saturated rings. The maximum absolute atomic E-state index is 13.4. The second kappa shape index (κ2) is 4.65. The summed E-state index contributed by atoms with van der Waals surface area (Å²) in [4.78, 5) is -0.348. The highest BCUT2D eigenvalue weighted by molar-refractivity contribution is 7.89. The lowest BCUT2D eigenvalue weighted by atomic mass is 10.2.